The fraction of sp³-hybridized carbons (Fsp3) is 0. The number of anilines is 3. The molecule has 13 aromatic rings. The quantitative estimate of drug-likeness (QED) is 0.148. The van der Waals surface area contributed by atoms with E-state index in [9.17, 15) is 0 Å². The Kier molecular flexibility index (Phi) is 9.40. The number of nitrogens with zero attached hydrogens (tertiary/aromatic N) is 2. The van der Waals surface area contributed by atoms with E-state index >= 15 is 0 Å². The molecule has 2 nitrogen and oxygen atoms in total. The van der Waals surface area contributed by atoms with Gasteiger partial charge in [-0.05, 0) is 123 Å². The average Bonchev–Trinajstić information content (AvgIpc) is 3.95. The van der Waals surface area contributed by atoms with Gasteiger partial charge in [-0.3, -0.25) is 0 Å². The summed E-state index contributed by atoms with van der Waals surface area (Å²) in [7, 11) is 0. The van der Waals surface area contributed by atoms with E-state index in [1.807, 2.05) is 11.3 Å². The summed E-state index contributed by atoms with van der Waals surface area (Å²) in [6.45, 7) is 0. The molecule has 0 fully saturated rings. The molecule has 0 bridgehead atoms. The molecular weight excluding hydrogens is 829 g/mol. The lowest BCUT2D eigenvalue weighted by Crippen LogP contribution is -2.11. The van der Waals surface area contributed by atoms with Crippen LogP contribution in [0.15, 0.2) is 255 Å². The maximum Gasteiger partial charge on any atom is 0.0541 e. The van der Waals surface area contributed by atoms with Crippen LogP contribution in [0.1, 0.15) is 0 Å². The van der Waals surface area contributed by atoms with Gasteiger partial charge in [0.05, 0.1) is 16.7 Å². The Morgan fingerprint density at radius 1 is 0.313 bits per heavy atom. The van der Waals surface area contributed by atoms with Gasteiger partial charge in [-0.1, -0.05) is 182 Å². The van der Waals surface area contributed by atoms with E-state index in [2.05, 4.69) is 264 Å². The zero-order valence-electron chi connectivity index (χ0n) is 36.6. The predicted octanol–water partition coefficient (Wildman–Crippen LogP) is 18.4. The second kappa shape index (κ2) is 16.2. The zero-order valence-corrected chi connectivity index (χ0v) is 37.4. The second-order valence-corrected chi connectivity index (χ2v) is 18.3. The number of fused-ring (bicyclic) bond motifs is 7. The fourth-order valence-electron chi connectivity index (χ4n) is 10.4. The molecule has 0 aliphatic carbocycles. The van der Waals surface area contributed by atoms with Crippen molar-refractivity contribution in [2.45, 2.75) is 0 Å². The third kappa shape index (κ3) is 6.63. The minimum absolute atomic E-state index is 1.08. The molecular formula is C64H42N2S. The van der Waals surface area contributed by atoms with Crippen LogP contribution in [0.3, 0.4) is 0 Å². The number of benzene rings is 11. The summed E-state index contributed by atoms with van der Waals surface area (Å²) in [6, 6.07) is 93.2. The Bertz CT molecular complexity index is 3970. The second-order valence-electron chi connectivity index (χ2n) is 17.2. The lowest BCUT2D eigenvalue weighted by Gasteiger charge is -2.29. The van der Waals surface area contributed by atoms with Gasteiger partial charge in [-0.25, -0.2) is 0 Å². The third-order valence-electron chi connectivity index (χ3n) is 13.4. The molecule has 0 spiro atoms. The van der Waals surface area contributed by atoms with Crippen LogP contribution in [-0.2, 0) is 0 Å². The first kappa shape index (κ1) is 38.9. The molecule has 13 rings (SSSR count). The molecule has 0 saturated carbocycles. The highest BCUT2D eigenvalue weighted by Crippen LogP contribution is 2.47. The van der Waals surface area contributed by atoms with Gasteiger partial charge in [0.1, 0.15) is 0 Å². The first-order chi connectivity index (χ1) is 33.2. The van der Waals surface area contributed by atoms with Crippen LogP contribution in [-0.4, -0.2) is 4.57 Å². The summed E-state index contributed by atoms with van der Waals surface area (Å²) in [5.41, 5.74) is 16.4. The van der Waals surface area contributed by atoms with Crippen LogP contribution in [0.5, 0.6) is 0 Å². The topological polar surface area (TPSA) is 8.17 Å². The van der Waals surface area contributed by atoms with Crippen molar-refractivity contribution < 1.29 is 0 Å². The highest BCUT2D eigenvalue weighted by atomic mass is 32.1. The van der Waals surface area contributed by atoms with Gasteiger partial charge < -0.3 is 9.47 Å². The van der Waals surface area contributed by atoms with Gasteiger partial charge in [0.25, 0.3) is 0 Å². The molecule has 0 N–H and O–H groups in total. The van der Waals surface area contributed by atoms with Crippen LogP contribution in [0.4, 0.5) is 17.1 Å². The lowest BCUT2D eigenvalue weighted by molar-refractivity contribution is 1.18. The van der Waals surface area contributed by atoms with Crippen molar-refractivity contribution in [1.29, 1.82) is 0 Å². The number of thiophene rings is 1. The molecule has 0 unspecified atom stereocenters. The number of para-hydroxylation sites is 3. The average molecular weight is 871 g/mol. The Balaban J connectivity index is 0.997. The van der Waals surface area contributed by atoms with E-state index in [4.69, 9.17) is 0 Å². The van der Waals surface area contributed by atoms with E-state index < -0.39 is 0 Å². The van der Waals surface area contributed by atoms with E-state index in [1.165, 1.54) is 86.1 Å². The Hall–Kier alpha value is -8.50. The minimum Gasteiger partial charge on any atom is -0.310 e. The van der Waals surface area contributed by atoms with Gasteiger partial charge in [0.2, 0.25) is 0 Å². The van der Waals surface area contributed by atoms with E-state index in [0.717, 1.165) is 33.9 Å². The molecule has 2 aromatic heterocycles. The van der Waals surface area contributed by atoms with Crippen LogP contribution >= 0.6 is 11.3 Å². The van der Waals surface area contributed by atoms with Crippen molar-refractivity contribution >= 4 is 81.1 Å². The van der Waals surface area contributed by atoms with Gasteiger partial charge in [0.15, 0.2) is 0 Å². The van der Waals surface area contributed by atoms with Gasteiger partial charge >= 0.3 is 0 Å². The number of aromatic nitrogens is 1. The minimum atomic E-state index is 1.08. The molecule has 0 radical (unpaired) electrons. The molecule has 3 heteroatoms. The third-order valence-corrected chi connectivity index (χ3v) is 14.5. The van der Waals surface area contributed by atoms with Crippen molar-refractivity contribution in [1.82, 2.24) is 4.57 Å². The Morgan fingerprint density at radius 3 is 1.72 bits per heavy atom. The van der Waals surface area contributed by atoms with E-state index in [1.54, 1.807) is 0 Å². The Morgan fingerprint density at radius 2 is 0.881 bits per heavy atom. The van der Waals surface area contributed by atoms with E-state index in [0.29, 0.717) is 0 Å². The van der Waals surface area contributed by atoms with Crippen molar-refractivity contribution in [2.24, 2.45) is 0 Å². The van der Waals surface area contributed by atoms with Crippen LogP contribution in [0.25, 0.3) is 103 Å². The van der Waals surface area contributed by atoms with Crippen LogP contribution < -0.4 is 4.90 Å². The molecule has 11 aromatic carbocycles. The summed E-state index contributed by atoms with van der Waals surface area (Å²) in [5.74, 6) is 0. The molecule has 67 heavy (non-hydrogen) atoms. The van der Waals surface area contributed by atoms with Crippen molar-refractivity contribution in [2.75, 3.05) is 4.90 Å². The first-order valence-electron chi connectivity index (χ1n) is 22.9. The van der Waals surface area contributed by atoms with Crippen LogP contribution in [0, 0.1) is 0 Å². The van der Waals surface area contributed by atoms with Gasteiger partial charge in [-0.15, -0.1) is 11.3 Å². The molecule has 0 saturated heterocycles. The number of hydrogen-bond donors (Lipinski definition) is 0. The SMILES string of the molecule is c1ccc(-c2cccc3cccc(-c4ccccc4N(c4ccc(-c5cccc6sc7ccccc7c56)cc4)c4cccc(-c5ccc6c(c5)c5ccccc5n6-c5ccccc5)c4)c23)cc1. The normalized spacial score (nSPS) is 11.6. The predicted molar refractivity (Wildman–Crippen MR) is 288 cm³/mol. The summed E-state index contributed by atoms with van der Waals surface area (Å²) >= 11 is 1.86. The standard InChI is InChI=1S/C64H42N2S/c1-3-17-43(18-4-1)51-28-14-19-45-20-15-30-55(63(45)51)53-25-7-10-31-58(53)65(49-38-35-44(36-39-49)52-29-16-34-62-64(52)56-27-9-12-33-61(56)67-62)50-24-13-21-46(41-50)47-37-40-60-57(42-47)54-26-8-11-32-59(54)66(60)48-22-5-2-6-23-48/h1-42H. The smallest absolute Gasteiger partial charge is 0.0541 e. The highest BCUT2D eigenvalue weighted by molar-refractivity contribution is 7.25. The fourth-order valence-corrected chi connectivity index (χ4v) is 11.5. The lowest BCUT2D eigenvalue weighted by atomic mass is 9.90. The molecule has 314 valence electrons. The number of hydrogen-bond acceptors (Lipinski definition) is 2. The monoisotopic (exact) mass is 870 g/mol. The molecule has 0 atom stereocenters. The number of rotatable bonds is 8. The molecule has 0 aliphatic heterocycles. The van der Waals surface area contributed by atoms with Gasteiger partial charge in [-0.2, -0.15) is 0 Å². The van der Waals surface area contributed by atoms with Gasteiger partial charge in [0, 0.05) is 53.6 Å². The maximum absolute atomic E-state index is 2.45. The summed E-state index contributed by atoms with van der Waals surface area (Å²) < 4.78 is 5.00. The summed E-state index contributed by atoms with van der Waals surface area (Å²) in [5, 5.41) is 7.56. The van der Waals surface area contributed by atoms with Crippen molar-refractivity contribution in [3.8, 4) is 50.2 Å². The highest BCUT2D eigenvalue weighted by Gasteiger charge is 2.21. The summed E-state index contributed by atoms with van der Waals surface area (Å²) in [4.78, 5) is 2.45. The maximum atomic E-state index is 2.45. The summed E-state index contributed by atoms with van der Waals surface area (Å²) in [6.07, 6.45) is 0. The van der Waals surface area contributed by atoms with Crippen molar-refractivity contribution in [3.05, 3.63) is 255 Å². The molecule has 2 heterocycles. The zero-order chi connectivity index (χ0) is 44.3. The molecule has 0 aliphatic rings. The van der Waals surface area contributed by atoms with Crippen molar-refractivity contribution in [3.63, 3.8) is 0 Å². The Labute approximate surface area is 393 Å². The van der Waals surface area contributed by atoms with E-state index in [-0.39, 0.29) is 0 Å². The largest absolute Gasteiger partial charge is 0.310 e. The molecule has 0 amide bonds. The first-order valence-corrected chi connectivity index (χ1v) is 23.7. The van der Waals surface area contributed by atoms with Crippen LogP contribution in [0.2, 0.25) is 0 Å².